The zero-order chi connectivity index (χ0) is 14.8. The molecule has 1 nitrogen and oxygen atoms in total. The zero-order valence-electron chi connectivity index (χ0n) is 13.3. The van der Waals surface area contributed by atoms with E-state index < -0.39 is 0 Å². The Morgan fingerprint density at radius 2 is 1.76 bits per heavy atom. The summed E-state index contributed by atoms with van der Waals surface area (Å²) in [6.07, 6.45) is 5.23. The molecular weight excluding hydrogens is 274 g/mol. The van der Waals surface area contributed by atoms with Crippen molar-refractivity contribution >= 4 is 11.3 Å². The van der Waals surface area contributed by atoms with E-state index in [1.807, 2.05) is 11.3 Å². The first kappa shape index (κ1) is 14.8. The molecule has 0 spiro atoms. The second-order valence-corrected chi connectivity index (χ2v) is 7.26. The Hall–Kier alpha value is -1.12. The molecule has 1 aromatic carbocycles. The first-order valence-corrected chi connectivity index (χ1v) is 8.95. The molecule has 1 aliphatic carbocycles. The molecule has 2 heteroatoms. The normalized spacial score (nSPS) is 17.3. The average molecular weight is 299 g/mol. The van der Waals surface area contributed by atoms with Crippen LogP contribution < -0.4 is 5.32 Å². The summed E-state index contributed by atoms with van der Waals surface area (Å²) < 4.78 is 0. The molecule has 1 N–H and O–H groups in total. The number of thiophene rings is 1. The molecule has 2 unspecified atom stereocenters. The lowest BCUT2D eigenvalue weighted by Crippen LogP contribution is -2.22. The van der Waals surface area contributed by atoms with Crippen molar-refractivity contribution < 1.29 is 0 Å². The van der Waals surface area contributed by atoms with E-state index in [0.29, 0.717) is 12.1 Å². The highest BCUT2D eigenvalue weighted by Crippen LogP contribution is 2.28. The summed E-state index contributed by atoms with van der Waals surface area (Å²) in [6, 6.07) is 10.1. The SMILES string of the molecule is Cc1ccsc1C(C)NC(C)c1ccc2c(c1)CCCC2. The van der Waals surface area contributed by atoms with Crippen molar-refractivity contribution in [2.45, 2.75) is 58.5 Å². The van der Waals surface area contributed by atoms with Crippen molar-refractivity contribution in [1.29, 1.82) is 0 Å². The third-order valence-electron chi connectivity index (χ3n) is 4.67. The van der Waals surface area contributed by atoms with E-state index in [1.54, 1.807) is 11.1 Å². The van der Waals surface area contributed by atoms with E-state index >= 15 is 0 Å². The van der Waals surface area contributed by atoms with Crippen LogP contribution in [0.1, 0.15) is 65.9 Å². The fraction of sp³-hybridized carbons (Fsp3) is 0.474. The van der Waals surface area contributed by atoms with Crippen LogP contribution in [0.5, 0.6) is 0 Å². The van der Waals surface area contributed by atoms with Gasteiger partial charge in [0.2, 0.25) is 0 Å². The van der Waals surface area contributed by atoms with Crippen molar-refractivity contribution in [2.24, 2.45) is 0 Å². The fourth-order valence-corrected chi connectivity index (χ4v) is 4.34. The Balaban J connectivity index is 1.73. The Morgan fingerprint density at radius 3 is 2.48 bits per heavy atom. The zero-order valence-corrected chi connectivity index (χ0v) is 14.1. The number of hydrogen-bond donors (Lipinski definition) is 1. The van der Waals surface area contributed by atoms with Crippen LogP contribution in [0.15, 0.2) is 29.6 Å². The predicted molar refractivity (Wildman–Crippen MR) is 92.1 cm³/mol. The number of benzene rings is 1. The third kappa shape index (κ3) is 3.22. The lowest BCUT2D eigenvalue weighted by Gasteiger charge is -2.23. The summed E-state index contributed by atoms with van der Waals surface area (Å²) in [6.45, 7) is 6.76. The van der Waals surface area contributed by atoms with Gasteiger partial charge in [-0.2, -0.15) is 0 Å². The van der Waals surface area contributed by atoms with E-state index in [0.717, 1.165) is 0 Å². The van der Waals surface area contributed by atoms with Gasteiger partial charge < -0.3 is 5.32 Å². The van der Waals surface area contributed by atoms with E-state index in [9.17, 15) is 0 Å². The average Bonchev–Trinajstić information content (AvgIpc) is 2.93. The van der Waals surface area contributed by atoms with E-state index in [1.165, 1.54) is 41.7 Å². The quantitative estimate of drug-likeness (QED) is 0.802. The first-order valence-electron chi connectivity index (χ1n) is 8.07. The van der Waals surface area contributed by atoms with Crippen LogP contribution in [0.2, 0.25) is 0 Å². The monoisotopic (exact) mass is 299 g/mol. The maximum Gasteiger partial charge on any atom is 0.0393 e. The van der Waals surface area contributed by atoms with Crippen molar-refractivity contribution in [1.82, 2.24) is 5.32 Å². The number of rotatable bonds is 4. The van der Waals surface area contributed by atoms with Crippen LogP contribution >= 0.6 is 11.3 Å². The maximum atomic E-state index is 3.76. The maximum absolute atomic E-state index is 3.76. The lowest BCUT2D eigenvalue weighted by molar-refractivity contribution is 0.498. The number of nitrogens with one attached hydrogen (secondary N) is 1. The molecule has 3 rings (SSSR count). The van der Waals surface area contributed by atoms with Crippen LogP contribution in [-0.2, 0) is 12.8 Å². The minimum atomic E-state index is 0.397. The van der Waals surface area contributed by atoms with Gasteiger partial charge in [0.05, 0.1) is 0 Å². The van der Waals surface area contributed by atoms with Gasteiger partial charge in [-0.15, -0.1) is 11.3 Å². The molecule has 2 aromatic rings. The second-order valence-electron chi connectivity index (χ2n) is 6.31. The number of fused-ring (bicyclic) bond motifs is 1. The summed E-state index contributed by atoms with van der Waals surface area (Å²) in [5, 5.41) is 5.94. The van der Waals surface area contributed by atoms with Gasteiger partial charge in [0.15, 0.2) is 0 Å². The number of hydrogen-bond acceptors (Lipinski definition) is 2. The van der Waals surface area contributed by atoms with Crippen LogP contribution in [0.4, 0.5) is 0 Å². The standard InChI is InChI=1S/C19H25NS/c1-13-10-11-21-19(13)15(3)20-14(2)17-9-8-16-6-4-5-7-18(16)12-17/h8-12,14-15,20H,4-7H2,1-3H3. The molecule has 1 aromatic heterocycles. The van der Waals surface area contributed by atoms with Crippen molar-refractivity contribution in [3.63, 3.8) is 0 Å². The van der Waals surface area contributed by atoms with Gasteiger partial charge in [0, 0.05) is 17.0 Å². The van der Waals surface area contributed by atoms with Gasteiger partial charge in [0.1, 0.15) is 0 Å². The summed E-state index contributed by atoms with van der Waals surface area (Å²) in [5.74, 6) is 0. The summed E-state index contributed by atoms with van der Waals surface area (Å²) in [4.78, 5) is 1.46. The number of aryl methyl sites for hydroxylation is 3. The summed E-state index contributed by atoms with van der Waals surface area (Å²) in [7, 11) is 0. The van der Waals surface area contributed by atoms with Crippen LogP contribution in [0.25, 0.3) is 0 Å². The van der Waals surface area contributed by atoms with E-state index in [2.05, 4.69) is 55.7 Å². The van der Waals surface area contributed by atoms with Gasteiger partial charge in [-0.1, -0.05) is 18.2 Å². The topological polar surface area (TPSA) is 12.0 Å². The van der Waals surface area contributed by atoms with Crippen molar-refractivity contribution in [3.8, 4) is 0 Å². The molecule has 0 saturated carbocycles. The van der Waals surface area contributed by atoms with Gasteiger partial charge in [-0.25, -0.2) is 0 Å². The molecule has 0 amide bonds. The summed E-state index contributed by atoms with van der Waals surface area (Å²) in [5.41, 5.74) is 5.97. The molecule has 0 radical (unpaired) electrons. The van der Waals surface area contributed by atoms with Crippen LogP contribution in [0.3, 0.4) is 0 Å². The highest BCUT2D eigenvalue weighted by Gasteiger charge is 2.16. The van der Waals surface area contributed by atoms with Crippen molar-refractivity contribution in [2.75, 3.05) is 0 Å². The molecule has 0 bridgehead atoms. The molecule has 0 aliphatic heterocycles. The highest BCUT2D eigenvalue weighted by atomic mass is 32.1. The molecule has 0 fully saturated rings. The minimum Gasteiger partial charge on any atom is -0.303 e. The minimum absolute atomic E-state index is 0.397. The van der Waals surface area contributed by atoms with E-state index in [-0.39, 0.29) is 0 Å². The lowest BCUT2D eigenvalue weighted by atomic mass is 9.89. The van der Waals surface area contributed by atoms with Gasteiger partial charge in [0.25, 0.3) is 0 Å². The predicted octanol–water partition coefficient (Wildman–Crippen LogP) is 5.35. The summed E-state index contributed by atoms with van der Waals surface area (Å²) >= 11 is 1.86. The fourth-order valence-electron chi connectivity index (χ4n) is 3.40. The van der Waals surface area contributed by atoms with E-state index in [4.69, 9.17) is 0 Å². The Bertz CT molecular complexity index is 614. The molecule has 112 valence electrons. The first-order chi connectivity index (χ1) is 10.1. The van der Waals surface area contributed by atoms with Crippen LogP contribution in [-0.4, -0.2) is 0 Å². The Kier molecular flexibility index (Phi) is 4.46. The smallest absolute Gasteiger partial charge is 0.0393 e. The Labute approximate surface area is 132 Å². The third-order valence-corrected chi connectivity index (χ3v) is 5.87. The molecule has 21 heavy (non-hydrogen) atoms. The molecule has 1 aliphatic rings. The molecule has 0 saturated heterocycles. The largest absolute Gasteiger partial charge is 0.303 e. The highest BCUT2D eigenvalue weighted by molar-refractivity contribution is 7.10. The molecule has 2 atom stereocenters. The van der Waals surface area contributed by atoms with Gasteiger partial charge in [-0.05, 0) is 80.2 Å². The second kappa shape index (κ2) is 6.33. The molecule has 1 heterocycles. The van der Waals surface area contributed by atoms with Crippen LogP contribution in [0, 0.1) is 6.92 Å². The molecular formula is C19H25NS. The van der Waals surface area contributed by atoms with Gasteiger partial charge >= 0.3 is 0 Å². The van der Waals surface area contributed by atoms with Gasteiger partial charge in [-0.3, -0.25) is 0 Å². The van der Waals surface area contributed by atoms with Crippen molar-refractivity contribution in [3.05, 3.63) is 56.8 Å². The Morgan fingerprint density at radius 1 is 1.00 bits per heavy atom.